The molecule has 0 fully saturated rings. The van der Waals surface area contributed by atoms with Crippen molar-refractivity contribution in [2.75, 3.05) is 13.2 Å². The fourth-order valence-corrected chi connectivity index (χ4v) is 5.56. The molecule has 0 aromatic heterocycles. The summed E-state index contributed by atoms with van der Waals surface area (Å²) in [4.78, 5) is 11.7. The van der Waals surface area contributed by atoms with Gasteiger partial charge in [-0.25, -0.2) is 18.7 Å². The number of halogens is 1. The zero-order valence-corrected chi connectivity index (χ0v) is 20.3. The van der Waals surface area contributed by atoms with Gasteiger partial charge in [0.15, 0.2) is 6.23 Å². The molecular formula is C24H23ClN2O7S. The van der Waals surface area contributed by atoms with Gasteiger partial charge in [0.2, 0.25) is 10.0 Å². The molecule has 11 heteroatoms. The number of fused-ring (bicyclic) bond motifs is 1. The number of amides is 1. The maximum atomic E-state index is 13.5. The number of sulfonamides is 1. The van der Waals surface area contributed by atoms with E-state index in [9.17, 15) is 13.2 Å². The van der Waals surface area contributed by atoms with Crippen LogP contribution < -0.4 is 15.0 Å². The SMILES string of the molecule is CCOc1ccc(Oc2ccc(S(=O)(=O)N3CCc4ccccc4C3OC(=O)NO)cc2Cl)cc1. The number of carbonyl (C=O) groups is 1. The highest BCUT2D eigenvalue weighted by Gasteiger charge is 2.39. The van der Waals surface area contributed by atoms with Gasteiger partial charge in [0.25, 0.3) is 0 Å². The van der Waals surface area contributed by atoms with Crippen LogP contribution in [-0.2, 0) is 21.2 Å². The van der Waals surface area contributed by atoms with Crippen LogP contribution in [0, 0.1) is 0 Å². The Labute approximate surface area is 207 Å². The molecule has 1 atom stereocenters. The van der Waals surface area contributed by atoms with Gasteiger partial charge >= 0.3 is 6.09 Å². The van der Waals surface area contributed by atoms with Gasteiger partial charge in [-0.2, -0.15) is 4.31 Å². The number of nitrogens with zero attached hydrogens (tertiary/aromatic N) is 1. The van der Waals surface area contributed by atoms with Crippen LogP contribution in [0.3, 0.4) is 0 Å². The Kier molecular flexibility index (Phi) is 7.46. The topological polar surface area (TPSA) is 114 Å². The fraction of sp³-hybridized carbons (Fsp3) is 0.208. The van der Waals surface area contributed by atoms with Gasteiger partial charge in [-0.15, -0.1) is 0 Å². The summed E-state index contributed by atoms with van der Waals surface area (Å²) in [5, 5.41) is 9.00. The minimum Gasteiger partial charge on any atom is -0.494 e. The minimum absolute atomic E-state index is 0.0603. The molecular weight excluding hydrogens is 496 g/mol. The first-order valence-electron chi connectivity index (χ1n) is 10.7. The third kappa shape index (κ3) is 5.35. The van der Waals surface area contributed by atoms with Gasteiger partial charge in [0.05, 0.1) is 16.5 Å². The quantitative estimate of drug-likeness (QED) is 0.338. The normalized spacial score (nSPS) is 15.7. The Morgan fingerprint density at radius 2 is 1.83 bits per heavy atom. The highest BCUT2D eigenvalue weighted by Crippen LogP contribution is 2.37. The van der Waals surface area contributed by atoms with Crippen molar-refractivity contribution in [3.8, 4) is 17.2 Å². The van der Waals surface area contributed by atoms with Crippen LogP contribution >= 0.6 is 11.6 Å². The van der Waals surface area contributed by atoms with E-state index in [0.717, 1.165) is 9.87 Å². The number of rotatable bonds is 7. The molecule has 9 nitrogen and oxygen atoms in total. The summed E-state index contributed by atoms with van der Waals surface area (Å²) in [7, 11) is -4.14. The molecule has 0 bridgehead atoms. The Hall–Kier alpha value is -3.31. The minimum atomic E-state index is -4.14. The lowest BCUT2D eigenvalue weighted by molar-refractivity contribution is 0.00236. The predicted molar refractivity (Wildman–Crippen MR) is 127 cm³/mol. The van der Waals surface area contributed by atoms with E-state index in [4.69, 9.17) is 31.0 Å². The number of ether oxygens (including phenoxy) is 3. The van der Waals surface area contributed by atoms with E-state index in [1.807, 2.05) is 19.1 Å². The van der Waals surface area contributed by atoms with Crippen molar-refractivity contribution in [3.63, 3.8) is 0 Å². The summed E-state index contributed by atoms with van der Waals surface area (Å²) in [6.07, 6.45) is -2.03. The standard InChI is InChI=1S/C24H23ClN2O7S/c1-2-32-17-7-9-18(10-8-17)33-22-12-11-19(15-21(22)25)35(30,31)27-14-13-16-5-3-4-6-20(16)23(27)34-24(28)26-29/h3-12,15,23,29H,2,13-14H2,1H3,(H,26,28). The molecule has 1 unspecified atom stereocenters. The second kappa shape index (κ2) is 10.5. The van der Waals surface area contributed by atoms with E-state index in [1.54, 1.807) is 36.4 Å². The number of benzene rings is 3. The average molecular weight is 519 g/mol. The molecule has 0 radical (unpaired) electrons. The highest BCUT2D eigenvalue weighted by atomic mass is 35.5. The third-order valence-corrected chi connectivity index (χ3v) is 7.50. The van der Waals surface area contributed by atoms with Crippen molar-refractivity contribution >= 4 is 27.7 Å². The fourth-order valence-electron chi connectivity index (χ4n) is 3.76. The number of hydrogen-bond acceptors (Lipinski definition) is 7. The van der Waals surface area contributed by atoms with E-state index in [2.05, 4.69) is 0 Å². The largest absolute Gasteiger partial charge is 0.494 e. The maximum absolute atomic E-state index is 13.5. The lowest BCUT2D eigenvalue weighted by atomic mass is 10.00. The second-order valence-corrected chi connectivity index (χ2v) is 9.83. The van der Waals surface area contributed by atoms with Crippen molar-refractivity contribution in [1.82, 2.24) is 9.79 Å². The van der Waals surface area contributed by atoms with Gasteiger partial charge < -0.3 is 14.2 Å². The highest BCUT2D eigenvalue weighted by molar-refractivity contribution is 7.89. The summed E-state index contributed by atoms with van der Waals surface area (Å²) in [6.45, 7) is 2.49. The van der Waals surface area contributed by atoms with Gasteiger partial charge in [-0.3, -0.25) is 5.21 Å². The summed E-state index contributed by atoms with van der Waals surface area (Å²) in [6, 6.07) is 18.1. The first kappa shape index (κ1) is 24.8. The van der Waals surface area contributed by atoms with Crippen molar-refractivity contribution in [2.45, 2.75) is 24.5 Å². The first-order chi connectivity index (χ1) is 16.8. The van der Waals surface area contributed by atoms with E-state index >= 15 is 0 Å². The van der Waals surface area contributed by atoms with Crippen molar-refractivity contribution in [2.24, 2.45) is 0 Å². The Balaban J connectivity index is 1.61. The molecule has 1 aliphatic heterocycles. The number of hydrogen-bond donors (Lipinski definition) is 2. The van der Waals surface area contributed by atoms with Crippen molar-refractivity contribution < 1.29 is 32.6 Å². The average Bonchev–Trinajstić information content (AvgIpc) is 2.86. The van der Waals surface area contributed by atoms with E-state index in [-0.39, 0.29) is 22.2 Å². The predicted octanol–water partition coefficient (Wildman–Crippen LogP) is 4.89. The zero-order valence-electron chi connectivity index (χ0n) is 18.7. The molecule has 0 aliphatic carbocycles. The third-order valence-electron chi connectivity index (χ3n) is 5.37. The number of carbonyl (C=O) groups excluding carboxylic acids is 1. The molecule has 0 saturated carbocycles. The molecule has 184 valence electrons. The van der Waals surface area contributed by atoms with E-state index < -0.39 is 22.3 Å². The Morgan fingerprint density at radius 1 is 1.11 bits per heavy atom. The number of hydroxylamine groups is 1. The molecule has 1 heterocycles. The van der Waals surface area contributed by atoms with Crippen LogP contribution in [0.1, 0.15) is 24.3 Å². The Bertz CT molecular complexity index is 1320. The monoisotopic (exact) mass is 518 g/mol. The summed E-state index contributed by atoms with van der Waals surface area (Å²) in [5.41, 5.74) is 2.72. The van der Waals surface area contributed by atoms with Gasteiger partial charge in [-0.05, 0) is 61.4 Å². The molecule has 3 aromatic carbocycles. The molecule has 1 aliphatic rings. The van der Waals surface area contributed by atoms with Crippen LogP contribution in [0.5, 0.6) is 17.2 Å². The Morgan fingerprint density at radius 3 is 2.51 bits per heavy atom. The summed E-state index contributed by atoms with van der Waals surface area (Å²) < 4.78 is 44.6. The molecule has 0 saturated heterocycles. The van der Waals surface area contributed by atoms with Crippen molar-refractivity contribution in [3.05, 3.63) is 82.9 Å². The van der Waals surface area contributed by atoms with Crippen LogP contribution in [-0.4, -0.2) is 37.2 Å². The number of nitrogens with one attached hydrogen (secondary N) is 1. The molecule has 35 heavy (non-hydrogen) atoms. The first-order valence-corrected chi connectivity index (χ1v) is 12.6. The molecule has 4 rings (SSSR count). The van der Waals surface area contributed by atoms with Crippen LogP contribution in [0.25, 0.3) is 0 Å². The van der Waals surface area contributed by atoms with Gasteiger partial charge in [0.1, 0.15) is 17.2 Å². The molecule has 2 N–H and O–H groups in total. The molecule has 3 aromatic rings. The summed E-state index contributed by atoms with van der Waals surface area (Å²) in [5.74, 6) is 1.47. The van der Waals surface area contributed by atoms with Gasteiger partial charge in [-0.1, -0.05) is 35.9 Å². The molecule has 0 spiro atoms. The van der Waals surface area contributed by atoms with Crippen LogP contribution in [0.15, 0.2) is 71.6 Å². The van der Waals surface area contributed by atoms with E-state index in [0.29, 0.717) is 30.1 Å². The van der Waals surface area contributed by atoms with Crippen LogP contribution in [0.4, 0.5) is 4.79 Å². The van der Waals surface area contributed by atoms with Gasteiger partial charge in [0, 0.05) is 12.1 Å². The smallest absolute Gasteiger partial charge is 0.432 e. The van der Waals surface area contributed by atoms with Crippen molar-refractivity contribution in [1.29, 1.82) is 0 Å². The lowest BCUT2D eigenvalue weighted by Gasteiger charge is -2.35. The van der Waals surface area contributed by atoms with E-state index in [1.165, 1.54) is 23.7 Å². The second-order valence-electron chi connectivity index (χ2n) is 7.53. The maximum Gasteiger partial charge on any atom is 0.432 e. The zero-order chi connectivity index (χ0) is 25.0. The molecule has 1 amide bonds. The lowest BCUT2D eigenvalue weighted by Crippen LogP contribution is -2.43. The summed E-state index contributed by atoms with van der Waals surface area (Å²) >= 11 is 6.37. The van der Waals surface area contributed by atoms with Crippen LogP contribution in [0.2, 0.25) is 5.02 Å².